The van der Waals surface area contributed by atoms with E-state index in [9.17, 15) is 8.42 Å². The minimum Gasteiger partial charge on any atom is -0.370 e. The summed E-state index contributed by atoms with van der Waals surface area (Å²) in [5.74, 6) is 0. The Morgan fingerprint density at radius 2 is 2.03 bits per heavy atom. The second-order valence-corrected chi connectivity index (χ2v) is 10.7. The summed E-state index contributed by atoms with van der Waals surface area (Å²) >= 11 is 5.10. The van der Waals surface area contributed by atoms with Gasteiger partial charge in [-0.1, -0.05) is 36.5 Å². The molecule has 0 bridgehead atoms. The van der Waals surface area contributed by atoms with Gasteiger partial charge >= 0.3 is 0 Å². The standard InChI is InChI=1S/C20H23N5O2S4/c1-2-4-18-23-24-20(30-18)22-15(11-13-6-8-14(9-7-13)25-31(26)27)16-12-29-19(21-16)17-5-3-10-28-17/h3,5-10,12,15,19,21,31H,2,4,11H2,1H3,(H,22,24)(H,25,26,27)/t15-,19?/m0/s1. The van der Waals surface area contributed by atoms with Crippen LogP contribution in [-0.4, -0.2) is 24.7 Å². The third-order valence-electron chi connectivity index (χ3n) is 4.65. The molecule has 11 heteroatoms. The van der Waals surface area contributed by atoms with Gasteiger partial charge in [-0.2, -0.15) is 0 Å². The Bertz CT molecular complexity index is 1090. The van der Waals surface area contributed by atoms with Gasteiger partial charge in [0.15, 0.2) is 0 Å². The number of aromatic nitrogens is 2. The highest BCUT2D eigenvalue weighted by molar-refractivity contribution is 8.02. The molecule has 0 saturated heterocycles. The summed E-state index contributed by atoms with van der Waals surface area (Å²) in [7, 11) is -2.67. The number of thiol groups is 1. The van der Waals surface area contributed by atoms with Crippen LogP contribution in [0.4, 0.5) is 10.8 Å². The van der Waals surface area contributed by atoms with Crippen LogP contribution >= 0.6 is 34.4 Å². The summed E-state index contributed by atoms with van der Waals surface area (Å²) in [4.78, 5) is 1.29. The monoisotopic (exact) mass is 493 g/mol. The fourth-order valence-corrected chi connectivity index (χ4v) is 6.37. The number of anilines is 2. The Labute approximate surface area is 195 Å². The molecule has 0 spiro atoms. The lowest BCUT2D eigenvalue weighted by Crippen LogP contribution is -2.31. The topological polar surface area (TPSA) is 96.0 Å². The second-order valence-electron chi connectivity index (χ2n) is 6.97. The van der Waals surface area contributed by atoms with Crippen LogP contribution in [0.3, 0.4) is 0 Å². The third-order valence-corrected chi connectivity index (χ3v) is 8.12. The summed E-state index contributed by atoms with van der Waals surface area (Å²) < 4.78 is 24.2. The molecule has 3 heterocycles. The summed E-state index contributed by atoms with van der Waals surface area (Å²) in [6.07, 6.45) is 2.69. The van der Waals surface area contributed by atoms with Crippen molar-refractivity contribution in [2.45, 2.75) is 37.6 Å². The Morgan fingerprint density at radius 3 is 2.74 bits per heavy atom. The van der Waals surface area contributed by atoms with Crippen molar-refractivity contribution in [3.63, 3.8) is 0 Å². The van der Waals surface area contributed by atoms with E-state index in [1.807, 2.05) is 12.1 Å². The van der Waals surface area contributed by atoms with Crippen molar-refractivity contribution in [2.75, 3.05) is 10.0 Å². The predicted octanol–water partition coefficient (Wildman–Crippen LogP) is 4.39. The van der Waals surface area contributed by atoms with Crippen LogP contribution in [0.2, 0.25) is 0 Å². The first-order valence-corrected chi connectivity index (χ1v) is 13.7. The van der Waals surface area contributed by atoms with E-state index in [0.29, 0.717) is 5.69 Å². The molecule has 0 fully saturated rings. The average molecular weight is 494 g/mol. The molecule has 0 aliphatic carbocycles. The van der Waals surface area contributed by atoms with Crippen molar-refractivity contribution >= 4 is 56.1 Å². The molecule has 1 aliphatic heterocycles. The minimum atomic E-state index is -2.67. The van der Waals surface area contributed by atoms with Crippen molar-refractivity contribution in [3.05, 3.63) is 68.3 Å². The highest BCUT2D eigenvalue weighted by Gasteiger charge is 2.26. The molecule has 0 saturated carbocycles. The zero-order chi connectivity index (χ0) is 21.6. The Balaban J connectivity index is 1.50. The van der Waals surface area contributed by atoms with E-state index in [1.165, 1.54) is 4.88 Å². The van der Waals surface area contributed by atoms with E-state index in [1.54, 1.807) is 46.6 Å². The largest absolute Gasteiger partial charge is 0.370 e. The summed E-state index contributed by atoms with van der Waals surface area (Å²) in [5.41, 5.74) is 2.76. The lowest BCUT2D eigenvalue weighted by atomic mass is 10.0. The van der Waals surface area contributed by atoms with E-state index in [0.717, 1.165) is 40.7 Å². The zero-order valence-corrected chi connectivity index (χ0v) is 20.1. The number of thioether (sulfide) groups is 1. The first-order valence-electron chi connectivity index (χ1n) is 9.85. The van der Waals surface area contributed by atoms with Gasteiger partial charge in [-0.25, -0.2) is 8.42 Å². The zero-order valence-electron chi connectivity index (χ0n) is 16.8. The molecule has 1 unspecified atom stereocenters. The van der Waals surface area contributed by atoms with E-state index >= 15 is 0 Å². The normalized spacial score (nSPS) is 16.7. The molecule has 3 aromatic rings. The minimum absolute atomic E-state index is 0.00478. The Morgan fingerprint density at radius 1 is 1.19 bits per heavy atom. The number of nitrogens with zero attached hydrogens (tertiary/aromatic N) is 2. The van der Waals surface area contributed by atoms with Crippen molar-refractivity contribution < 1.29 is 8.42 Å². The second kappa shape index (κ2) is 10.5. The van der Waals surface area contributed by atoms with Crippen LogP contribution in [0.5, 0.6) is 0 Å². The van der Waals surface area contributed by atoms with Gasteiger partial charge in [-0.15, -0.1) is 33.3 Å². The van der Waals surface area contributed by atoms with Crippen LogP contribution in [-0.2, 0) is 23.7 Å². The fraction of sp³-hybridized carbons (Fsp3) is 0.300. The van der Waals surface area contributed by atoms with Gasteiger partial charge in [0.2, 0.25) is 16.0 Å². The Hall–Kier alpha value is -2.08. The van der Waals surface area contributed by atoms with E-state index in [4.69, 9.17) is 0 Å². The molecule has 0 amide bonds. The molecule has 1 aromatic carbocycles. The van der Waals surface area contributed by atoms with Crippen LogP contribution < -0.4 is 15.4 Å². The molecule has 31 heavy (non-hydrogen) atoms. The molecular formula is C20H23N5O2S4. The van der Waals surface area contributed by atoms with Crippen molar-refractivity contribution in [3.8, 4) is 0 Å². The summed E-state index contributed by atoms with van der Waals surface area (Å²) in [6, 6.07) is 11.6. The molecule has 0 radical (unpaired) electrons. The van der Waals surface area contributed by atoms with Gasteiger partial charge in [-0.3, -0.25) is 4.72 Å². The molecule has 164 valence electrons. The average Bonchev–Trinajstić information content (AvgIpc) is 3.50. The van der Waals surface area contributed by atoms with Gasteiger partial charge in [0.25, 0.3) is 0 Å². The smallest absolute Gasteiger partial charge is 0.222 e. The predicted molar refractivity (Wildman–Crippen MR) is 131 cm³/mol. The Kier molecular flexibility index (Phi) is 7.49. The number of aryl methyl sites for hydroxylation is 1. The number of hydrogen-bond donors (Lipinski definition) is 4. The summed E-state index contributed by atoms with van der Waals surface area (Å²) in [6.45, 7) is 2.13. The lowest BCUT2D eigenvalue weighted by Gasteiger charge is -2.21. The highest BCUT2D eigenvalue weighted by Crippen LogP contribution is 2.38. The number of nitrogens with one attached hydrogen (secondary N) is 3. The fourth-order valence-electron chi connectivity index (χ4n) is 3.19. The number of hydrogen-bond acceptors (Lipinski definition) is 9. The van der Waals surface area contributed by atoms with Crippen molar-refractivity contribution in [1.82, 2.24) is 15.5 Å². The molecule has 7 nitrogen and oxygen atoms in total. The maximum absolute atomic E-state index is 10.9. The molecule has 1 aliphatic rings. The van der Waals surface area contributed by atoms with Gasteiger partial charge in [0.05, 0.1) is 6.04 Å². The quantitative estimate of drug-likeness (QED) is 0.311. The maximum atomic E-state index is 10.9. The summed E-state index contributed by atoms with van der Waals surface area (Å²) in [5, 5.41) is 22.1. The first kappa shape index (κ1) is 22.1. The van der Waals surface area contributed by atoms with Gasteiger partial charge in [0, 0.05) is 22.7 Å². The molecule has 3 N–H and O–H groups in total. The number of benzene rings is 1. The van der Waals surface area contributed by atoms with E-state index in [2.05, 4.69) is 55.4 Å². The van der Waals surface area contributed by atoms with E-state index < -0.39 is 10.9 Å². The van der Waals surface area contributed by atoms with Crippen LogP contribution in [0.1, 0.15) is 34.2 Å². The van der Waals surface area contributed by atoms with Gasteiger partial charge in [-0.05, 0) is 47.4 Å². The van der Waals surface area contributed by atoms with Crippen molar-refractivity contribution in [2.24, 2.45) is 0 Å². The number of rotatable bonds is 10. The van der Waals surface area contributed by atoms with E-state index in [-0.39, 0.29) is 11.4 Å². The van der Waals surface area contributed by atoms with Crippen LogP contribution in [0, 0.1) is 0 Å². The molecular weight excluding hydrogens is 471 g/mol. The first-order chi connectivity index (χ1) is 15.1. The molecule has 2 aromatic heterocycles. The molecule has 2 atom stereocenters. The van der Waals surface area contributed by atoms with Crippen LogP contribution in [0.15, 0.2) is 52.9 Å². The van der Waals surface area contributed by atoms with Gasteiger partial charge < -0.3 is 10.6 Å². The highest BCUT2D eigenvalue weighted by atomic mass is 32.2. The van der Waals surface area contributed by atoms with Crippen molar-refractivity contribution in [1.29, 1.82) is 0 Å². The SMILES string of the molecule is CCCc1nnc(N[C@@H](Cc2ccc(N[SH](=O)=O)cc2)C2=CSC(c3cccs3)N2)s1. The molecule has 4 rings (SSSR count). The van der Waals surface area contributed by atoms with Gasteiger partial charge in [0.1, 0.15) is 10.4 Å². The van der Waals surface area contributed by atoms with Crippen LogP contribution in [0.25, 0.3) is 0 Å². The lowest BCUT2D eigenvalue weighted by molar-refractivity contribution is 0.619. The number of thiophene rings is 1. The third kappa shape index (κ3) is 6.00. The maximum Gasteiger partial charge on any atom is 0.222 e.